The van der Waals surface area contributed by atoms with Crippen LogP contribution in [0.2, 0.25) is 0 Å². The van der Waals surface area contributed by atoms with Gasteiger partial charge in [0.2, 0.25) is 5.91 Å². The molecule has 0 saturated heterocycles. The average Bonchev–Trinajstić information content (AvgIpc) is 2.54. The quantitative estimate of drug-likeness (QED) is 0.818. The number of nitrogens with one attached hydrogen (secondary N) is 1. The molecule has 1 N–H and O–H groups in total. The molecule has 1 rings (SSSR count). The summed E-state index contributed by atoms with van der Waals surface area (Å²) in [4.78, 5) is 13.0. The molecule has 0 saturated carbocycles. The molecule has 1 amide bonds. The Bertz CT molecular complexity index is 301. The number of hydrogen-bond acceptors (Lipinski definition) is 2. The summed E-state index contributed by atoms with van der Waals surface area (Å²) < 4.78 is 0. The van der Waals surface area contributed by atoms with Crippen LogP contribution >= 0.6 is 11.3 Å². The Morgan fingerprint density at radius 3 is 2.57 bits per heavy atom. The maximum Gasteiger partial charge on any atom is 0.231 e. The standard InChI is InChI=1S/C11H17NOS/c1-8(2)12-10(13)11(3,4)9-6-5-7-14-9/h5-8H,1-4H3,(H,12,13). The molecule has 0 bridgehead atoms. The van der Waals surface area contributed by atoms with Crippen LogP contribution in [0.15, 0.2) is 17.5 Å². The van der Waals surface area contributed by atoms with E-state index in [4.69, 9.17) is 0 Å². The Kier molecular flexibility index (Phi) is 3.32. The maximum absolute atomic E-state index is 11.9. The van der Waals surface area contributed by atoms with E-state index in [9.17, 15) is 4.79 Å². The van der Waals surface area contributed by atoms with Crippen LogP contribution in [0.25, 0.3) is 0 Å². The van der Waals surface area contributed by atoms with Crippen molar-refractivity contribution in [1.82, 2.24) is 5.32 Å². The maximum atomic E-state index is 11.9. The van der Waals surface area contributed by atoms with Crippen molar-refractivity contribution < 1.29 is 4.79 Å². The minimum absolute atomic E-state index is 0.0925. The van der Waals surface area contributed by atoms with Gasteiger partial charge in [0, 0.05) is 10.9 Å². The Hall–Kier alpha value is -0.830. The largest absolute Gasteiger partial charge is 0.353 e. The molecule has 0 aliphatic rings. The lowest BCUT2D eigenvalue weighted by Gasteiger charge is -2.23. The molecule has 78 valence electrons. The van der Waals surface area contributed by atoms with Gasteiger partial charge in [0.1, 0.15) is 0 Å². The van der Waals surface area contributed by atoms with Crippen LogP contribution in [-0.4, -0.2) is 11.9 Å². The normalized spacial score (nSPS) is 11.8. The highest BCUT2D eigenvalue weighted by molar-refractivity contribution is 7.10. The van der Waals surface area contributed by atoms with Gasteiger partial charge < -0.3 is 5.32 Å². The van der Waals surface area contributed by atoms with Crippen molar-refractivity contribution in [1.29, 1.82) is 0 Å². The third-order valence-corrected chi connectivity index (χ3v) is 3.32. The molecule has 1 aromatic heterocycles. The molecule has 1 heterocycles. The fraction of sp³-hybridized carbons (Fsp3) is 0.545. The molecule has 0 spiro atoms. The fourth-order valence-electron chi connectivity index (χ4n) is 1.19. The number of carbonyl (C=O) groups excluding carboxylic acids is 1. The third kappa shape index (κ3) is 2.35. The summed E-state index contributed by atoms with van der Waals surface area (Å²) in [6, 6.07) is 4.18. The zero-order valence-corrected chi connectivity index (χ0v) is 9.94. The van der Waals surface area contributed by atoms with Crippen LogP contribution in [0.3, 0.4) is 0 Å². The van der Waals surface area contributed by atoms with Gasteiger partial charge in [-0.25, -0.2) is 0 Å². The summed E-state index contributed by atoms with van der Waals surface area (Å²) in [6.45, 7) is 7.86. The summed E-state index contributed by atoms with van der Waals surface area (Å²) in [7, 11) is 0. The lowest BCUT2D eigenvalue weighted by molar-refractivity contribution is -0.126. The molecule has 1 aromatic rings. The zero-order valence-electron chi connectivity index (χ0n) is 9.13. The van der Waals surface area contributed by atoms with E-state index in [1.165, 1.54) is 0 Å². The molecule has 0 aromatic carbocycles. The van der Waals surface area contributed by atoms with E-state index in [-0.39, 0.29) is 11.9 Å². The summed E-state index contributed by atoms with van der Waals surface area (Å²) in [6.07, 6.45) is 0. The van der Waals surface area contributed by atoms with Gasteiger partial charge in [-0.1, -0.05) is 6.07 Å². The number of thiophene rings is 1. The lowest BCUT2D eigenvalue weighted by Crippen LogP contribution is -2.42. The molecule has 0 unspecified atom stereocenters. The molecule has 14 heavy (non-hydrogen) atoms. The Labute approximate surface area is 89.3 Å². The second-order valence-electron chi connectivity index (χ2n) is 4.23. The van der Waals surface area contributed by atoms with E-state index in [0.29, 0.717) is 0 Å². The highest BCUT2D eigenvalue weighted by atomic mass is 32.1. The number of hydrogen-bond donors (Lipinski definition) is 1. The van der Waals surface area contributed by atoms with Crippen LogP contribution < -0.4 is 5.32 Å². The van der Waals surface area contributed by atoms with Crippen molar-refractivity contribution in [2.75, 3.05) is 0 Å². The van der Waals surface area contributed by atoms with Gasteiger partial charge in [0.05, 0.1) is 5.41 Å². The molecule has 0 aliphatic heterocycles. The first-order chi connectivity index (χ1) is 6.44. The summed E-state index contributed by atoms with van der Waals surface area (Å²) in [5.74, 6) is 0.0925. The zero-order chi connectivity index (χ0) is 10.8. The van der Waals surface area contributed by atoms with Gasteiger partial charge in [-0.3, -0.25) is 4.79 Å². The van der Waals surface area contributed by atoms with Crippen molar-refractivity contribution in [3.8, 4) is 0 Å². The average molecular weight is 211 g/mol. The Balaban J connectivity index is 2.80. The van der Waals surface area contributed by atoms with Crippen molar-refractivity contribution >= 4 is 17.2 Å². The SMILES string of the molecule is CC(C)NC(=O)C(C)(C)c1cccs1. The Morgan fingerprint density at radius 2 is 2.14 bits per heavy atom. The number of amides is 1. The highest BCUT2D eigenvalue weighted by Gasteiger charge is 2.30. The molecular weight excluding hydrogens is 194 g/mol. The van der Waals surface area contributed by atoms with Crippen LogP contribution in [0.5, 0.6) is 0 Å². The minimum atomic E-state index is -0.418. The molecule has 0 fully saturated rings. The van der Waals surface area contributed by atoms with E-state index < -0.39 is 5.41 Å². The van der Waals surface area contributed by atoms with Gasteiger partial charge in [-0.2, -0.15) is 0 Å². The van der Waals surface area contributed by atoms with Crippen molar-refractivity contribution in [3.63, 3.8) is 0 Å². The second-order valence-corrected chi connectivity index (χ2v) is 5.18. The molecule has 3 heteroatoms. The van der Waals surface area contributed by atoms with Gasteiger partial charge >= 0.3 is 0 Å². The minimum Gasteiger partial charge on any atom is -0.353 e. The van der Waals surface area contributed by atoms with E-state index in [1.54, 1.807) is 11.3 Å². The Morgan fingerprint density at radius 1 is 1.50 bits per heavy atom. The molecule has 0 radical (unpaired) electrons. The van der Waals surface area contributed by atoms with Crippen molar-refractivity contribution in [2.24, 2.45) is 0 Å². The van der Waals surface area contributed by atoms with E-state index in [0.717, 1.165) is 4.88 Å². The van der Waals surface area contributed by atoms with Gasteiger partial charge in [0.15, 0.2) is 0 Å². The summed E-state index contributed by atoms with van der Waals surface area (Å²) in [5, 5.41) is 4.94. The first kappa shape index (κ1) is 11.2. The van der Waals surface area contributed by atoms with E-state index >= 15 is 0 Å². The van der Waals surface area contributed by atoms with Crippen molar-refractivity contribution in [2.45, 2.75) is 39.2 Å². The first-order valence-electron chi connectivity index (χ1n) is 4.79. The molecule has 0 aliphatic carbocycles. The van der Waals surface area contributed by atoms with Gasteiger partial charge in [0.25, 0.3) is 0 Å². The third-order valence-electron chi connectivity index (χ3n) is 2.12. The number of carbonyl (C=O) groups is 1. The van der Waals surface area contributed by atoms with Crippen LogP contribution in [-0.2, 0) is 10.2 Å². The molecule has 2 nitrogen and oxygen atoms in total. The highest BCUT2D eigenvalue weighted by Crippen LogP contribution is 2.27. The molecule has 0 atom stereocenters. The topological polar surface area (TPSA) is 29.1 Å². The van der Waals surface area contributed by atoms with Crippen LogP contribution in [0, 0.1) is 0 Å². The second kappa shape index (κ2) is 4.13. The number of rotatable bonds is 3. The predicted molar refractivity (Wildman–Crippen MR) is 60.6 cm³/mol. The van der Waals surface area contributed by atoms with Crippen molar-refractivity contribution in [3.05, 3.63) is 22.4 Å². The van der Waals surface area contributed by atoms with Gasteiger partial charge in [-0.15, -0.1) is 11.3 Å². The summed E-state index contributed by atoms with van der Waals surface area (Å²) in [5.41, 5.74) is -0.418. The smallest absolute Gasteiger partial charge is 0.231 e. The fourth-order valence-corrected chi connectivity index (χ4v) is 2.04. The summed E-state index contributed by atoms with van der Waals surface area (Å²) >= 11 is 1.62. The van der Waals surface area contributed by atoms with E-state index in [2.05, 4.69) is 5.32 Å². The van der Waals surface area contributed by atoms with E-state index in [1.807, 2.05) is 45.2 Å². The van der Waals surface area contributed by atoms with Crippen LogP contribution in [0.4, 0.5) is 0 Å². The first-order valence-corrected chi connectivity index (χ1v) is 5.67. The monoisotopic (exact) mass is 211 g/mol. The van der Waals surface area contributed by atoms with Crippen LogP contribution in [0.1, 0.15) is 32.6 Å². The molecular formula is C11H17NOS. The lowest BCUT2D eigenvalue weighted by atomic mass is 9.90. The predicted octanol–water partition coefficient (Wildman–Crippen LogP) is 2.55. The van der Waals surface area contributed by atoms with Gasteiger partial charge in [-0.05, 0) is 39.1 Å².